The molecule has 4 heterocycles. The van der Waals surface area contributed by atoms with Crippen molar-refractivity contribution in [2.45, 2.75) is 38.6 Å². The monoisotopic (exact) mass is 354 g/mol. The van der Waals surface area contributed by atoms with E-state index in [2.05, 4.69) is 33.7 Å². The van der Waals surface area contributed by atoms with Gasteiger partial charge in [-0.1, -0.05) is 13.8 Å². The summed E-state index contributed by atoms with van der Waals surface area (Å²) >= 11 is 0. The zero-order chi connectivity index (χ0) is 18.1. The molecule has 0 aliphatic carbocycles. The summed E-state index contributed by atoms with van der Waals surface area (Å²) in [5.74, 6) is 0.577. The van der Waals surface area contributed by atoms with Crippen molar-refractivity contribution in [3.63, 3.8) is 0 Å². The average molecular weight is 354 g/mol. The quantitative estimate of drug-likeness (QED) is 0.910. The Labute approximate surface area is 153 Å². The summed E-state index contributed by atoms with van der Waals surface area (Å²) in [7, 11) is 0. The van der Waals surface area contributed by atoms with Gasteiger partial charge in [-0.05, 0) is 18.8 Å². The van der Waals surface area contributed by atoms with Gasteiger partial charge in [0.15, 0.2) is 0 Å². The molecular weight excluding hydrogens is 328 g/mol. The van der Waals surface area contributed by atoms with Crippen LogP contribution in [-0.2, 0) is 12.0 Å². The van der Waals surface area contributed by atoms with E-state index >= 15 is 0 Å². The number of aromatic nitrogens is 4. The first-order valence-corrected chi connectivity index (χ1v) is 9.43. The molecule has 2 aliphatic heterocycles. The third-order valence-electron chi connectivity index (χ3n) is 5.64. The number of hydrogen-bond donors (Lipinski definition) is 1. The van der Waals surface area contributed by atoms with E-state index in [1.54, 1.807) is 18.6 Å². The minimum atomic E-state index is -0.0585. The van der Waals surface area contributed by atoms with Crippen molar-refractivity contribution >= 4 is 5.91 Å². The largest absolute Gasteiger partial charge is 0.348 e. The van der Waals surface area contributed by atoms with Crippen molar-refractivity contribution in [2.75, 3.05) is 26.2 Å². The van der Waals surface area contributed by atoms with Crippen LogP contribution in [0.25, 0.3) is 0 Å². The number of fused-ring (bicyclic) bond motifs is 2. The summed E-state index contributed by atoms with van der Waals surface area (Å²) in [4.78, 5) is 33.4. The minimum Gasteiger partial charge on any atom is -0.348 e. The van der Waals surface area contributed by atoms with Gasteiger partial charge in [-0.15, -0.1) is 0 Å². The minimum absolute atomic E-state index is 0.0265. The van der Waals surface area contributed by atoms with Gasteiger partial charge in [-0.3, -0.25) is 14.7 Å². The summed E-state index contributed by atoms with van der Waals surface area (Å²) in [5.41, 5.74) is 2.82. The van der Waals surface area contributed by atoms with Crippen LogP contribution < -0.4 is 0 Å². The van der Waals surface area contributed by atoms with Gasteiger partial charge in [-0.25, -0.2) is 9.97 Å². The number of nitrogens with one attached hydrogen (secondary N) is 1. The lowest BCUT2D eigenvalue weighted by Gasteiger charge is -2.51. The Bertz CT molecular complexity index is 763. The average Bonchev–Trinajstić information content (AvgIpc) is 3.15. The number of H-pyrrole nitrogens is 1. The summed E-state index contributed by atoms with van der Waals surface area (Å²) in [6, 6.07) is 0. The van der Waals surface area contributed by atoms with Crippen LogP contribution in [0.4, 0.5) is 0 Å². The molecule has 138 valence electrons. The highest BCUT2D eigenvalue weighted by molar-refractivity contribution is 5.92. The predicted octanol–water partition coefficient (Wildman–Crippen LogP) is 1.85. The molecule has 0 radical (unpaired) electrons. The zero-order valence-electron chi connectivity index (χ0n) is 15.5. The number of carbonyl (C=O) groups excluding carboxylic acids is 1. The molecule has 0 atom stereocenters. The number of imidazole rings is 1. The highest BCUT2D eigenvalue weighted by Gasteiger charge is 2.47. The summed E-state index contributed by atoms with van der Waals surface area (Å²) in [6.07, 6.45) is 9.36. The fraction of sp³-hybridized carbons (Fsp3) is 0.579. The third-order valence-corrected chi connectivity index (χ3v) is 5.64. The van der Waals surface area contributed by atoms with Gasteiger partial charge in [0.1, 0.15) is 5.69 Å². The van der Waals surface area contributed by atoms with E-state index < -0.39 is 0 Å². The van der Waals surface area contributed by atoms with Crippen LogP contribution in [0.1, 0.15) is 48.6 Å². The van der Waals surface area contributed by atoms with E-state index in [-0.39, 0.29) is 11.4 Å². The van der Waals surface area contributed by atoms with Crippen molar-refractivity contribution < 1.29 is 4.79 Å². The fourth-order valence-electron chi connectivity index (χ4n) is 4.43. The molecule has 2 aromatic rings. The van der Waals surface area contributed by atoms with Gasteiger partial charge in [0.2, 0.25) is 0 Å². The Morgan fingerprint density at radius 3 is 2.73 bits per heavy atom. The van der Waals surface area contributed by atoms with Crippen molar-refractivity contribution in [1.29, 1.82) is 0 Å². The number of rotatable bonds is 3. The zero-order valence-corrected chi connectivity index (χ0v) is 15.5. The van der Waals surface area contributed by atoms with Crippen molar-refractivity contribution in [2.24, 2.45) is 5.92 Å². The van der Waals surface area contributed by atoms with Gasteiger partial charge in [0.25, 0.3) is 5.91 Å². The first-order valence-electron chi connectivity index (χ1n) is 9.43. The molecule has 1 fully saturated rings. The summed E-state index contributed by atoms with van der Waals surface area (Å²) in [6.45, 7) is 8.07. The van der Waals surface area contributed by atoms with E-state index in [1.807, 2.05) is 11.2 Å². The van der Waals surface area contributed by atoms with E-state index in [0.717, 1.165) is 45.4 Å². The van der Waals surface area contributed by atoms with Crippen molar-refractivity contribution in [3.8, 4) is 0 Å². The smallest absolute Gasteiger partial charge is 0.274 e. The Kier molecular flexibility index (Phi) is 4.48. The van der Waals surface area contributed by atoms with Gasteiger partial charge in [-0.2, -0.15) is 0 Å². The first-order chi connectivity index (χ1) is 12.6. The Balaban J connectivity index is 1.56. The van der Waals surface area contributed by atoms with E-state index in [9.17, 15) is 4.79 Å². The molecule has 2 aliphatic rings. The van der Waals surface area contributed by atoms with E-state index in [0.29, 0.717) is 11.6 Å². The molecule has 0 aromatic carbocycles. The topological polar surface area (TPSA) is 78.0 Å². The molecule has 1 spiro atoms. The van der Waals surface area contributed by atoms with Crippen molar-refractivity contribution in [1.82, 2.24) is 29.7 Å². The third kappa shape index (κ3) is 2.90. The lowest BCUT2D eigenvalue weighted by atomic mass is 9.78. The fourth-order valence-corrected chi connectivity index (χ4v) is 4.43. The van der Waals surface area contributed by atoms with Crippen LogP contribution in [0.15, 0.2) is 24.9 Å². The Morgan fingerprint density at radius 1 is 1.23 bits per heavy atom. The predicted molar refractivity (Wildman–Crippen MR) is 97.6 cm³/mol. The second-order valence-corrected chi connectivity index (χ2v) is 7.73. The Hall–Kier alpha value is -2.28. The molecule has 1 N–H and O–H groups in total. The molecule has 0 saturated carbocycles. The standard InChI is InChI=1S/C19H26N6O/c1-14(2)12-25-8-3-15-17(23-13-22-15)19(25)4-9-24(10-5-19)18(26)16-11-20-6-7-21-16/h6-7,11,13-14H,3-5,8-10,12H2,1-2H3,(H,22,23). The highest BCUT2D eigenvalue weighted by atomic mass is 16.2. The second-order valence-electron chi connectivity index (χ2n) is 7.73. The lowest BCUT2D eigenvalue weighted by molar-refractivity contribution is 0.000447. The highest BCUT2D eigenvalue weighted by Crippen LogP contribution is 2.42. The SMILES string of the molecule is CC(C)CN1CCc2[nH]cnc2C12CCN(C(=O)c1cnccn1)CC2. The van der Waals surface area contributed by atoms with Crippen molar-refractivity contribution in [3.05, 3.63) is 42.0 Å². The van der Waals surface area contributed by atoms with Gasteiger partial charge in [0.05, 0.1) is 23.8 Å². The maximum Gasteiger partial charge on any atom is 0.274 e. The first kappa shape index (κ1) is 17.1. The maximum atomic E-state index is 12.7. The molecule has 1 amide bonds. The molecule has 0 bridgehead atoms. The van der Waals surface area contributed by atoms with Crippen LogP contribution in [-0.4, -0.2) is 61.8 Å². The number of aromatic amines is 1. The number of amides is 1. The molecule has 26 heavy (non-hydrogen) atoms. The van der Waals surface area contributed by atoms with Crippen LogP contribution in [0, 0.1) is 5.92 Å². The molecular formula is C19H26N6O. The summed E-state index contributed by atoms with van der Waals surface area (Å²) < 4.78 is 0. The normalized spacial score (nSPS) is 19.7. The number of nitrogens with zero attached hydrogens (tertiary/aromatic N) is 5. The van der Waals surface area contributed by atoms with E-state index in [1.165, 1.54) is 11.4 Å². The number of likely N-dealkylation sites (tertiary alicyclic amines) is 1. The number of carbonyl (C=O) groups is 1. The summed E-state index contributed by atoms with van der Waals surface area (Å²) in [5, 5.41) is 0. The number of hydrogen-bond acceptors (Lipinski definition) is 5. The Morgan fingerprint density at radius 2 is 2.04 bits per heavy atom. The molecule has 2 aromatic heterocycles. The molecule has 7 heteroatoms. The van der Waals surface area contributed by atoms with Crippen LogP contribution in [0.5, 0.6) is 0 Å². The van der Waals surface area contributed by atoms with Crippen LogP contribution >= 0.6 is 0 Å². The van der Waals surface area contributed by atoms with E-state index in [4.69, 9.17) is 4.98 Å². The second kappa shape index (κ2) is 6.79. The molecule has 4 rings (SSSR count). The van der Waals surface area contributed by atoms with Gasteiger partial charge >= 0.3 is 0 Å². The lowest BCUT2D eigenvalue weighted by Crippen LogP contribution is -2.57. The molecule has 1 saturated heterocycles. The van der Waals surface area contributed by atoms with Gasteiger partial charge in [0, 0.05) is 50.7 Å². The molecule has 0 unspecified atom stereocenters. The van der Waals surface area contributed by atoms with Crippen LogP contribution in [0.2, 0.25) is 0 Å². The maximum absolute atomic E-state index is 12.7. The molecule has 7 nitrogen and oxygen atoms in total. The van der Waals surface area contributed by atoms with Gasteiger partial charge < -0.3 is 9.88 Å². The van der Waals surface area contributed by atoms with Crippen LogP contribution in [0.3, 0.4) is 0 Å². The number of piperidine rings is 1.